The maximum atomic E-state index is 12.2. The molecule has 0 saturated heterocycles. The minimum absolute atomic E-state index is 0.0322. The van der Waals surface area contributed by atoms with E-state index in [4.69, 9.17) is 5.73 Å². The van der Waals surface area contributed by atoms with Gasteiger partial charge in [0.25, 0.3) is 0 Å². The highest BCUT2D eigenvalue weighted by molar-refractivity contribution is 5.78. The zero-order chi connectivity index (χ0) is 10.3. The van der Waals surface area contributed by atoms with Crippen molar-refractivity contribution in [1.82, 2.24) is 15.0 Å². The van der Waals surface area contributed by atoms with Crippen LogP contribution in [0.5, 0.6) is 0 Å². The molecule has 4 N–H and O–H groups in total. The van der Waals surface area contributed by atoms with Gasteiger partial charge in [-0.05, 0) is 0 Å². The summed E-state index contributed by atoms with van der Waals surface area (Å²) in [4.78, 5) is 11.5. The number of nitrogen functional groups attached to an aromatic ring is 1. The van der Waals surface area contributed by atoms with E-state index in [9.17, 15) is 13.2 Å². The summed E-state index contributed by atoms with van der Waals surface area (Å²) in [5.41, 5.74) is 5.59. The molecule has 0 aliphatic heterocycles. The zero-order valence-corrected chi connectivity index (χ0v) is 6.68. The van der Waals surface area contributed by atoms with Crippen LogP contribution in [0.2, 0.25) is 0 Å². The molecule has 0 radical (unpaired) electrons. The molecule has 0 fully saturated rings. The third-order valence-electron chi connectivity index (χ3n) is 1.62. The van der Waals surface area contributed by atoms with Gasteiger partial charge in [-0.25, -0.2) is 4.98 Å². The molecule has 0 unspecified atom stereocenters. The molecule has 0 saturated carbocycles. The van der Waals surface area contributed by atoms with Gasteiger partial charge in [-0.2, -0.15) is 18.2 Å². The molecule has 5 nitrogen and oxygen atoms in total. The van der Waals surface area contributed by atoms with Crippen LogP contribution in [0.3, 0.4) is 0 Å². The summed E-state index contributed by atoms with van der Waals surface area (Å²) < 4.78 is 36.6. The lowest BCUT2D eigenvalue weighted by atomic mass is 10.4. The fourth-order valence-corrected chi connectivity index (χ4v) is 1.03. The van der Waals surface area contributed by atoms with Crippen molar-refractivity contribution >= 4 is 17.0 Å². The Hall–Kier alpha value is -1.86. The summed E-state index contributed by atoms with van der Waals surface area (Å²) in [5.74, 6) is -1.48. The smallest absolute Gasteiger partial charge is 0.380 e. The fraction of sp³-hybridized carbons (Fsp3) is 0.167. The van der Waals surface area contributed by atoms with Gasteiger partial charge in [-0.3, -0.25) is 4.98 Å². The third-order valence-corrected chi connectivity index (χ3v) is 1.62. The molecule has 0 aromatic carbocycles. The maximum absolute atomic E-state index is 12.2. The van der Waals surface area contributed by atoms with E-state index in [-0.39, 0.29) is 17.0 Å². The third kappa shape index (κ3) is 1.24. The summed E-state index contributed by atoms with van der Waals surface area (Å²) >= 11 is 0. The first-order valence-electron chi connectivity index (χ1n) is 3.58. The Balaban J connectivity index is 2.70. The van der Waals surface area contributed by atoms with Gasteiger partial charge in [0, 0.05) is 0 Å². The van der Waals surface area contributed by atoms with E-state index in [0.29, 0.717) is 0 Å². The highest BCUT2D eigenvalue weighted by Crippen LogP contribution is 2.27. The molecule has 14 heavy (non-hydrogen) atoms. The number of rotatable bonds is 0. The highest BCUT2D eigenvalue weighted by Gasteiger charge is 2.39. The molecule has 2 aromatic rings. The van der Waals surface area contributed by atoms with E-state index in [0.717, 1.165) is 0 Å². The predicted molar refractivity (Wildman–Crippen MR) is 39.9 cm³/mol. The summed E-state index contributed by atoms with van der Waals surface area (Å²) in [6.45, 7) is 0. The molecular weight excluding hydrogens is 199 g/mol. The molecule has 0 spiro atoms. The second-order valence-electron chi connectivity index (χ2n) is 2.59. The Bertz CT molecular complexity index is 474. The molecule has 2 aromatic heterocycles. The second-order valence-corrected chi connectivity index (χ2v) is 2.59. The summed E-state index contributed by atoms with van der Waals surface area (Å²) in [5, 5.41) is 0. The molecule has 8 heteroatoms. The van der Waals surface area contributed by atoms with Gasteiger partial charge in [0.2, 0.25) is 5.52 Å². The largest absolute Gasteiger partial charge is 0.468 e. The van der Waals surface area contributed by atoms with Gasteiger partial charge in [-0.1, -0.05) is 4.98 Å². The number of aromatic nitrogens is 4. The van der Waals surface area contributed by atoms with Crippen LogP contribution >= 0.6 is 0 Å². The van der Waals surface area contributed by atoms with Crippen molar-refractivity contribution in [3.8, 4) is 0 Å². The number of alkyl halides is 3. The molecule has 0 bridgehead atoms. The SMILES string of the molecule is Nc1nc(C(F)(F)F)nc2[nH+]c[nH]c12. The number of fused-ring (bicyclic) bond motifs is 1. The van der Waals surface area contributed by atoms with Gasteiger partial charge < -0.3 is 5.73 Å². The lowest BCUT2D eigenvalue weighted by Gasteiger charge is -2.00. The number of hydrogen-bond donors (Lipinski definition) is 2. The number of H-pyrrole nitrogens is 2. The van der Waals surface area contributed by atoms with Crippen molar-refractivity contribution in [3.63, 3.8) is 0 Å². The zero-order valence-electron chi connectivity index (χ0n) is 6.68. The van der Waals surface area contributed by atoms with Crippen molar-refractivity contribution in [1.29, 1.82) is 0 Å². The number of imidazole rings is 1. The number of nitrogens with zero attached hydrogens (tertiary/aromatic N) is 2. The fourth-order valence-electron chi connectivity index (χ4n) is 1.03. The van der Waals surface area contributed by atoms with Gasteiger partial charge in [0.15, 0.2) is 12.1 Å². The van der Waals surface area contributed by atoms with Crippen LogP contribution in [-0.2, 0) is 6.18 Å². The first-order valence-corrected chi connectivity index (χ1v) is 3.58. The Kier molecular flexibility index (Phi) is 1.60. The number of anilines is 1. The molecule has 0 atom stereocenters. The van der Waals surface area contributed by atoms with E-state index in [2.05, 4.69) is 19.9 Å². The normalized spacial score (nSPS) is 12.2. The lowest BCUT2D eigenvalue weighted by molar-refractivity contribution is -0.347. The predicted octanol–water partition coefficient (Wildman–Crippen LogP) is 0.373. The molecular formula is C6H5F3N5+. The van der Waals surface area contributed by atoms with E-state index >= 15 is 0 Å². The van der Waals surface area contributed by atoms with Crippen LogP contribution in [0.15, 0.2) is 6.33 Å². The number of halogens is 3. The molecule has 0 aliphatic rings. The number of hydrogen-bond acceptors (Lipinski definition) is 3. The first kappa shape index (κ1) is 8.73. The van der Waals surface area contributed by atoms with Gasteiger partial charge in [-0.15, -0.1) is 0 Å². The highest BCUT2D eigenvalue weighted by atomic mass is 19.4. The minimum atomic E-state index is -4.59. The number of nitrogens with one attached hydrogen (secondary N) is 2. The topological polar surface area (TPSA) is 81.7 Å². The Morgan fingerprint density at radius 1 is 1.36 bits per heavy atom. The van der Waals surface area contributed by atoms with Crippen LogP contribution in [0.4, 0.5) is 19.0 Å². The van der Waals surface area contributed by atoms with Gasteiger partial charge >= 0.3 is 17.6 Å². The van der Waals surface area contributed by atoms with Crippen molar-refractivity contribution in [2.24, 2.45) is 0 Å². The first-order chi connectivity index (χ1) is 6.48. The molecule has 0 aliphatic carbocycles. The van der Waals surface area contributed by atoms with Crippen LogP contribution in [-0.4, -0.2) is 15.0 Å². The average molecular weight is 204 g/mol. The average Bonchev–Trinajstić information content (AvgIpc) is 2.50. The maximum Gasteiger partial charge on any atom is 0.468 e. The van der Waals surface area contributed by atoms with Gasteiger partial charge in [0.05, 0.1) is 0 Å². The summed E-state index contributed by atoms with van der Waals surface area (Å²) in [6.07, 6.45) is -3.26. The van der Waals surface area contributed by atoms with Crippen LogP contribution in [0, 0.1) is 0 Å². The standard InChI is InChI=1S/C6H4F3N5/c7-6(8,9)5-13-3(10)2-4(14-5)12-1-11-2/h1H,(H3,10,11,12,13,14)/p+1. The molecule has 74 valence electrons. The Morgan fingerprint density at radius 2 is 2.07 bits per heavy atom. The minimum Gasteiger partial charge on any atom is -0.380 e. The molecule has 2 rings (SSSR count). The quantitative estimate of drug-likeness (QED) is 0.650. The van der Waals surface area contributed by atoms with Crippen LogP contribution < -0.4 is 10.7 Å². The van der Waals surface area contributed by atoms with E-state index in [1.54, 1.807) is 0 Å². The van der Waals surface area contributed by atoms with E-state index in [1.807, 2.05) is 0 Å². The van der Waals surface area contributed by atoms with Crippen LogP contribution in [0.25, 0.3) is 11.2 Å². The Labute approximate surface area is 75.2 Å². The summed E-state index contributed by atoms with van der Waals surface area (Å²) in [6, 6.07) is 0. The Morgan fingerprint density at radius 3 is 2.71 bits per heavy atom. The number of nitrogens with two attached hydrogens (primary N) is 1. The lowest BCUT2D eigenvalue weighted by Crippen LogP contribution is -2.14. The van der Waals surface area contributed by atoms with Crippen molar-refractivity contribution in [2.75, 3.05) is 5.73 Å². The van der Waals surface area contributed by atoms with Crippen molar-refractivity contribution in [3.05, 3.63) is 12.2 Å². The molecule has 2 heterocycles. The van der Waals surface area contributed by atoms with E-state index in [1.165, 1.54) is 6.33 Å². The number of aromatic amines is 2. The monoisotopic (exact) mass is 204 g/mol. The molecule has 0 amide bonds. The van der Waals surface area contributed by atoms with Crippen molar-refractivity contribution in [2.45, 2.75) is 6.18 Å². The van der Waals surface area contributed by atoms with E-state index < -0.39 is 12.0 Å². The second kappa shape index (κ2) is 2.56. The van der Waals surface area contributed by atoms with Crippen LogP contribution in [0.1, 0.15) is 5.82 Å². The van der Waals surface area contributed by atoms with Gasteiger partial charge in [0.1, 0.15) is 0 Å². The van der Waals surface area contributed by atoms with Crippen molar-refractivity contribution < 1.29 is 18.2 Å². The summed E-state index contributed by atoms with van der Waals surface area (Å²) in [7, 11) is 0.